The molecule has 5 nitrogen and oxygen atoms in total. The molecule has 1 aromatic carbocycles. The maximum atomic E-state index is 12.2. The number of carbonyl (C=O) groups is 3. The van der Waals surface area contributed by atoms with Crippen molar-refractivity contribution < 1.29 is 14.4 Å². The van der Waals surface area contributed by atoms with Crippen molar-refractivity contribution in [3.05, 3.63) is 44.9 Å². The van der Waals surface area contributed by atoms with Crippen LogP contribution in [0.1, 0.15) is 26.3 Å². The van der Waals surface area contributed by atoms with Crippen LogP contribution in [0.5, 0.6) is 0 Å². The van der Waals surface area contributed by atoms with Crippen molar-refractivity contribution in [2.75, 3.05) is 12.3 Å². The number of hydrogen-bond acceptors (Lipinski definition) is 4. The lowest BCUT2D eigenvalue weighted by atomic mass is 9.91. The molecule has 26 heavy (non-hydrogen) atoms. The zero-order chi connectivity index (χ0) is 19.5. The van der Waals surface area contributed by atoms with Gasteiger partial charge in [0.25, 0.3) is 0 Å². The zero-order valence-electron chi connectivity index (χ0n) is 14.8. The van der Waals surface area contributed by atoms with Gasteiger partial charge in [-0.15, -0.1) is 0 Å². The summed E-state index contributed by atoms with van der Waals surface area (Å²) >= 11 is 13.2. The molecule has 140 valence electrons. The second kappa shape index (κ2) is 8.46. The van der Waals surface area contributed by atoms with Gasteiger partial charge in [-0.05, 0) is 17.7 Å². The van der Waals surface area contributed by atoms with Crippen LogP contribution in [-0.2, 0) is 20.9 Å². The van der Waals surface area contributed by atoms with Gasteiger partial charge in [0.05, 0.1) is 10.8 Å². The summed E-state index contributed by atoms with van der Waals surface area (Å²) < 4.78 is 0. The molecular formula is C18H20Cl2N2O3S. The summed E-state index contributed by atoms with van der Waals surface area (Å²) in [4.78, 5) is 37.8. The Kier molecular flexibility index (Phi) is 6.77. The van der Waals surface area contributed by atoms with Crippen molar-refractivity contribution in [1.82, 2.24) is 10.2 Å². The highest BCUT2D eigenvalue weighted by atomic mass is 35.5. The third-order valence-electron chi connectivity index (χ3n) is 3.70. The van der Waals surface area contributed by atoms with E-state index in [1.165, 1.54) is 22.7 Å². The topological polar surface area (TPSA) is 66.5 Å². The lowest BCUT2D eigenvalue weighted by Crippen LogP contribution is -2.37. The highest BCUT2D eigenvalue weighted by molar-refractivity contribution is 8.04. The fraction of sp³-hybridized carbons (Fsp3) is 0.389. The number of halogens is 2. The second-order valence-corrected chi connectivity index (χ2v) is 8.72. The SMILES string of the molecule is CC(C)(C)C(=O)/C=C1\SCC(=O)N1CC(=O)NCc1ccc(Cl)cc1Cl. The number of allylic oxidation sites excluding steroid dienone is 1. The monoisotopic (exact) mass is 414 g/mol. The van der Waals surface area contributed by atoms with Gasteiger partial charge in [0.2, 0.25) is 11.8 Å². The van der Waals surface area contributed by atoms with Crippen LogP contribution in [-0.4, -0.2) is 34.8 Å². The molecule has 0 atom stereocenters. The summed E-state index contributed by atoms with van der Waals surface area (Å²) in [5.74, 6) is -0.392. The van der Waals surface area contributed by atoms with Gasteiger partial charge in [-0.25, -0.2) is 0 Å². The molecule has 0 unspecified atom stereocenters. The molecule has 0 radical (unpaired) electrons. The molecular weight excluding hydrogens is 395 g/mol. The molecule has 0 saturated carbocycles. The van der Waals surface area contributed by atoms with E-state index >= 15 is 0 Å². The minimum absolute atomic E-state index is 0.0898. The van der Waals surface area contributed by atoms with Crippen LogP contribution in [0.4, 0.5) is 0 Å². The van der Waals surface area contributed by atoms with Gasteiger partial charge in [0.15, 0.2) is 5.78 Å². The molecule has 1 saturated heterocycles. The van der Waals surface area contributed by atoms with Crippen LogP contribution < -0.4 is 5.32 Å². The van der Waals surface area contributed by atoms with E-state index in [1.807, 2.05) is 0 Å². The number of benzene rings is 1. The largest absolute Gasteiger partial charge is 0.350 e. The van der Waals surface area contributed by atoms with Crippen molar-refractivity contribution in [2.45, 2.75) is 27.3 Å². The first-order chi connectivity index (χ1) is 12.1. The number of rotatable bonds is 5. The maximum absolute atomic E-state index is 12.2. The Morgan fingerprint density at radius 2 is 2.00 bits per heavy atom. The van der Waals surface area contributed by atoms with E-state index < -0.39 is 5.41 Å². The Morgan fingerprint density at radius 3 is 2.62 bits per heavy atom. The third kappa shape index (κ3) is 5.50. The number of ketones is 1. The standard InChI is InChI=1S/C18H20Cl2N2O3S/c1-18(2,3)14(23)7-17-22(16(25)10-26-17)9-15(24)21-8-11-4-5-12(19)6-13(11)20/h4-7H,8-10H2,1-3H3,(H,21,24)/b17-7-. The van der Waals surface area contributed by atoms with Gasteiger partial charge in [-0.2, -0.15) is 0 Å². The lowest BCUT2D eigenvalue weighted by molar-refractivity contribution is -0.131. The predicted octanol–water partition coefficient (Wildman–Crippen LogP) is 3.64. The number of thioether (sulfide) groups is 1. The maximum Gasteiger partial charge on any atom is 0.240 e. The molecule has 8 heteroatoms. The normalized spacial score (nSPS) is 16.3. The van der Waals surface area contributed by atoms with Crippen molar-refractivity contribution in [3.63, 3.8) is 0 Å². The summed E-state index contributed by atoms with van der Waals surface area (Å²) in [6.07, 6.45) is 1.44. The number of amides is 2. The number of carbonyl (C=O) groups excluding carboxylic acids is 3. The summed E-state index contributed by atoms with van der Waals surface area (Å²) in [5.41, 5.74) is 0.184. The van der Waals surface area contributed by atoms with Gasteiger partial charge >= 0.3 is 0 Å². The van der Waals surface area contributed by atoms with Crippen LogP contribution in [0.2, 0.25) is 10.0 Å². The smallest absolute Gasteiger partial charge is 0.240 e. The predicted molar refractivity (Wildman–Crippen MR) is 105 cm³/mol. The van der Waals surface area contributed by atoms with Crippen LogP contribution in [0.3, 0.4) is 0 Å². The fourth-order valence-electron chi connectivity index (χ4n) is 2.09. The molecule has 0 aromatic heterocycles. The molecule has 1 N–H and O–H groups in total. The van der Waals surface area contributed by atoms with Gasteiger partial charge in [0, 0.05) is 28.1 Å². The average Bonchev–Trinajstić information content (AvgIpc) is 2.86. The first-order valence-corrected chi connectivity index (χ1v) is 9.72. The van der Waals surface area contributed by atoms with Crippen molar-refractivity contribution >= 4 is 52.6 Å². The number of nitrogens with one attached hydrogen (secondary N) is 1. The van der Waals surface area contributed by atoms with Crippen molar-refractivity contribution in [1.29, 1.82) is 0 Å². The quantitative estimate of drug-likeness (QED) is 0.746. The summed E-state index contributed by atoms with van der Waals surface area (Å²) in [6, 6.07) is 5.02. The summed E-state index contributed by atoms with van der Waals surface area (Å²) in [5, 5.41) is 4.21. The van der Waals surface area contributed by atoms with Gasteiger partial charge < -0.3 is 5.32 Å². The molecule has 1 aliphatic rings. The summed E-state index contributed by atoms with van der Waals surface area (Å²) in [6.45, 7) is 5.51. The highest BCUT2D eigenvalue weighted by Crippen LogP contribution is 2.30. The molecule has 2 rings (SSSR count). The molecule has 0 spiro atoms. The Labute approximate surface area is 167 Å². The fourth-order valence-corrected chi connectivity index (χ4v) is 3.50. The van der Waals surface area contributed by atoms with Crippen LogP contribution in [0.15, 0.2) is 29.3 Å². The minimum atomic E-state index is -0.543. The van der Waals surface area contributed by atoms with E-state index in [0.29, 0.717) is 15.1 Å². The molecule has 0 bridgehead atoms. The van der Waals surface area contributed by atoms with Crippen molar-refractivity contribution in [2.24, 2.45) is 5.41 Å². The Morgan fingerprint density at radius 1 is 1.31 bits per heavy atom. The first-order valence-electron chi connectivity index (χ1n) is 7.98. The third-order valence-corrected chi connectivity index (χ3v) is 5.31. The van der Waals surface area contributed by atoms with E-state index in [-0.39, 0.29) is 36.4 Å². The molecule has 1 fully saturated rings. The zero-order valence-corrected chi connectivity index (χ0v) is 17.1. The lowest BCUT2D eigenvalue weighted by Gasteiger charge is -2.19. The number of hydrogen-bond donors (Lipinski definition) is 1. The van der Waals surface area contributed by atoms with E-state index in [4.69, 9.17) is 23.2 Å². The van der Waals surface area contributed by atoms with E-state index in [0.717, 1.165) is 5.56 Å². The highest BCUT2D eigenvalue weighted by Gasteiger charge is 2.30. The minimum Gasteiger partial charge on any atom is -0.350 e. The number of nitrogens with zero attached hydrogens (tertiary/aromatic N) is 1. The van der Waals surface area contributed by atoms with E-state index in [9.17, 15) is 14.4 Å². The Bertz CT molecular complexity index is 772. The molecule has 1 aliphatic heterocycles. The Hall–Kier alpha value is -1.50. The van der Waals surface area contributed by atoms with Crippen LogP contribution in [0, 0.1) is 5.41 Å². The molecule has 0 aliphatic carbocycles. The molecule has 1 aromatic rings. The van der Waals surface area contributed by atoms with E-state index in [2.05, 4.69) is 5.32 Å². The van der Waals surface area contributed by atoms with Gasteiger partial charge in [-0.3, -0.25) is 19.3 Å². The second-order valence-electron chi connectivity index (χ2n) is 6.88. The summed E-state index contributed by atoms with van der Waals surface area (Å²) in [7, 11) is 0. The van der Waals surface area contributed by atoms with Crippen LogP contribution >= 0.6 is 35.0 Å². The molecule has 1 heterocycles. The van der Waals surface area contributed by atoms with Crippen LogP contribution in [0.25, 0.3) is 0 Å². The van der Waals surface area contributed by atoms with Gasteiger partial charge in [-0.1, -0.05) is 61.8 Å². The van der Waals surface area contributed by atoms with Crippen molar-refractivity contribution in [3.8, 4) is 0 Å². The Balaban J connectivity index is 2.00. The van der Waals surface area contributed by atoms with E-state index in [1.54, 1.807) is 39.0 Å². The van der Waals surface area contributed by atoms with Gasteiger partial charge in [0.1, 0.15) is 6.54 Å². The first kappa shape index (κ1) is 20.8. The molecule has 2 amide bonds. The average molecular weight is 415 g/mol.